The van der Waals surface area contributed by atoms with Crippen molar-refractivity contribution in [2.24, 2.45) is 5.73 Å². The Labute approximate surface area is 144 Å². The number of thioether (sulfide) groups is 1. The first-order valence-corrected chi connectivity index (χ1v) is 9.17. The third kappa shape index (κ3) is 2.87. The van der Waals surface area contributed by atoms with Gasteiger partial charge in [0.2, 0.25) is 0 Å². The highest BCUT2D eigenvalue weighted by Gasteiger charge is 2.28. The number of hydrogen-bond donors (Lipinski definition) is 3. The smallest absolute Gasteiger partial charge is 0.259 e. The zero-order chi connectivity index (χ0) is 16.5. The number of nitrogens with one attached hydrogen (secondary N) is 2. The minimum atomic E-state index is -0.0357. The fourth-order valence-electron chi connectivity index (χ4n) is 3.28. The molecule has 3 heterocycles. The summed E-state index contributed by atoms with van der Waals surface area (Å²) in [6.45, 7) is 0.807. The average molecular weight is 344 g/mol. The second-order valence-electron chi connectivity index (χ2n) is 6.15. The Kier molecular flexibility index (Phi) is 4.15. The van der Waals surface area contributed by atoms with Gasteiger partial charge >= 0.3 is 0 Å². The Morgan fingerprint density at radius 2 is 2.33 bits per heavy atom. The number of carbonyl (C=O) groups is 1. The lowest BCUT2D eigenvalue weighted by molar-refractivity contribution is -0.117. The molecule has 1 fully saturated rings. The van der Waals surface area contributed by atoms with Gasteiger partial charge in [0.1, 0.15) is 17.8 Å². The normalized spacial score (nSPS) is 24.2. The number of aromatic amines is 1. The first-order chi connectivity index (χ1) is 11.7. The third-order valence-corrected chi connectivity index (χ3v) is 5.57. The van der Waals surface area contributed by atoms with Crippen LogP contribution in [0.1, 0.15) is 19.3 Å². The fraction of sp³-hybridized carbons (Fsp3) is 0.438. The van der Waals surface area contributed by atoms with Crippen molar-refractivity contribution >= 4 is 34.5 Å². The number of amides is 1. The molecule has 24 heavy (non-hydrogen) atoms. The van der Waals surface area contributed by atoms with Gasteiger partial charge in [-0.2, -0.15) is 0 Å². The summed E-state index contributed by atoms with van der Waals surface area (Å²) in [4.78, 5) is 27.0. The summed E-state index contributed by atoms with van der Waals surface area (Å²) in [6, 6.07) is 2.11. The molecule has 2 atom stereocenters. The molecule has 1 aliphatic carbocycles. The topological polar surface area (TPSA) is 99.9 Å². The summed E-state index contributed by atoms with van der Waals surface area (Å²) < 4.78 is 0. The van der Waals surface area contributed by atoms with Crippen molar-refractivity contribution in [1.82, 2.24) is 20.3 Å². The van der Waals surface area contributed by atoms with Crippen LogP contribution >= 0.6 is 11.8 Å². The first kappa shape index (κ1) is 15.5. The van der Waals surface area contributed by atoms with Gasteiger partial charge in [-0.3, -0.25) is 4.79 Å². The zero-order valence-corrected chi connectivity index (χ0v) is 14.1. The van der Waals surface area contributed by atoms with E-state index >= 15 is 0 Å². The molecule has 126 valence electrons. The summed E-state index contributed by atoms with van der Waals surface area (Å²) in [5.74, 6) is 1.63. The predicted octanol–water partition coefficient (Wildman–Crippen LogP) is 1.35. The minimum absolute atomic E-state index is 0.0357. The number of nitrogens with two attached hydrogens (primary N) is 1. The van der Waals surface area contributed by atoms with Crippen LogP contribution in [0.2, 0.25) is 0 Å². The number of fused-ring (bicyclic) bond motifs is 1. The quantitative estimate of drug-likeness (QED) is 0.777. The Hall–Kier alpha value is -2.06. The lowest BCUT2D eigenvalue weighted by atomic mass is 10.2. The molecular formula is C16H20N6OS. The van der Waals surface area contributed by atoms with E-state index < -0.39 is 0 Å². The lowest BCUT2D eigenvalue weighted by Gasteiger charge is -2.26. The lowest BCUT2D eigenvalue weighted by Crippen LogP contribution is -2.44. The summed E-state index contributed by atoms with van der Waals surface area (Å²) >= 11 is 1.58. The van der Waals surface area contributed by atoms with Crippen LogP contribution in [0.3, 0.4) is 0 Å². The summed E-state index contributed by atoms with van der Waals surface area (Å²) in [5, 5.41) is 4.04. The highest BCUT2D eigenvalue weighted by Crippen LogP contribution is 2.29. The van der Waals surface area contributed by atoms with Crippen LogP contribution in [-0.4, -0.2) is 45.2 Å². The molecule has 1 aliphatic heterocycles. The van der Waals surface area contributed by atoms with E-state index in [1.165, 1.54) is 0 Å². The second kappa shape index (κ2) is 6.45. The molecule has 2 aromatic rings. The van der Waals surface area contributed by atoms with E-state index in [9.17, 15) is 4.79 Å². The van der Waals surface area contributed by atoms with Crippen molar-refractivity contribution in [3.8, 4) is 0 Å². The molecule has 4 rings (SSSR count). The van der Waals surface area contributed by atoms with Gasteiger partial charge in [-0.05, 0) is 25.3 Å². The number of aromatic nitrogens is 3. The molecule has 0 spiro atoms. The number of hydrogen-bond acceptors (Lipinski definition) is 6. The van der Waals surface area contributed by atoms with Crippen molar-refractivity contribution < 1.29 is 4.79 Å². The van der Waals surface area contributed by atoms with Crippen LogP contribution in [-0.2, 0) is 4.79 Å². The summed E-state index contributed by atoms with van der Waals surface area (Å²) in [5.41, 5.74) is 6.85. The van der Waals surface area contributed by atoms with Crippen molar-refractivity contribution in [1.29, 1.82) is 0 Å². The van der Waals surface area contributed by atoms with E-state index in [-0.39, 0.29) is 18.0 Å². The molecule has 0 radical (unpaired) electrons. The SMILES string of the molecule is N[C@H]1CCC[C@H]1NC(=O)C1=CN(c2ncnc3[nH]ccc23)CCS1. The van der Waals surface area contributed by atoms with E-state index in [0.717, 1.165) is 48.4 Å². The summed E-state index contributed by atoms with van der Waals surface area (Å²) in [7, 11) is 0. The maximum absolute atomic E-state index is 12.6. The molecule has 7 nitrogen and oxygen atoms in total. The van der Waals surface area contributed by atoms with Crippen LogP contribution < -0.4 is 16.0 Å². The molecule has 8 heteroatoms. The van der Waals surface area contributed by atoms with Gasteiger partial charge in [0.25, 0.3) is 5.91 Å². The molecule has 4 N–H and O–H groups in total. The maximum Gasteiger partial charge on any atom is 0.259 e. The van der Waals surface area contributed by atoms with Gasteiger partial charge < -0.3 is 20.9 Å². The molecule has 0 unspecified atom stereocenters. The fourth-order valence-corrected chi connectivity index (χ4v) is 4.18. The van der Waals surface area contributed by atoms with Crippen molar-refractivity contribution in [3.63, 3.8) is 0 Å². The number of anilines is 1. The summed E-state index contributed by atoms with van der Waals surface area (Å²) in [6.07, 6.45) is 8.30. The van der Waals surface area contributed by atoms with Crippen molar-refractivity contribution in [2.45, 2.75) is 31.3 Å². The Morgan fingerprint density at radius 3 is 3.17 bits per heavy atom. The van der Waals surface area contributed by atoms with Crippen LogP contribution in [0.15, 0.2) is 29.7 Å². The molecule has 2 aliphatic rings. The molecule has 0 saturated heterocycles. The average Bonchev–Trinajstić information content (AvgIpc) is 3.24. The number of H-pyrrole nitrogens is 1. The monoisotopic (exact) mass is 344 g/mol. The van der Waals surface area contributed by atoms with Crippen LogP contribution in [0.5, 0.6) is 0 Å². The molecule has 2 aromatic heterocycles. The van der Waals surface area contributed by atoms with E-state index in [2.05, 4.69) is 20.3 Å². The Morgan fingerprint density at radius 1 is 1.42 bits per heavy atom. The van der Waals surface area contributed by atoms with E-state index in [1.54, 1.807) is 18.1 Å². The van der Waals surface area contributed by atoms with Crippen molar-refractivity contribution in [2.75, 3.05) is 17.2 Å². The van der Waals surface area contributed by atoms with Crippen LogP contribution in [0.4, 0.5) is 5.82 Å². The molecular weight excluding hydrogens is 324 g/mol. The number of carbonyl (C=O) groups excluding carboxylic acids is 1. The van der Waals surface area contributed by atoms with E-state index in [0.29, 0.717) is 4.91 Å². The van der Waals surface area contributed by atoms with Gasteiger partial charge in [-0.25, -0.2) is 9.97 Å². The van der Waals surface area contributed by atoms with Gasteiger partial charge in [0.05, 0.1) is 10.3 Å². The largest absolute Gasteiger partial charge is 0.347 e. The first-order valence-electron chi connectivity index (χ1n) is 8.18. The van der Waals surface area contributed by atoms with Crippen LogP contribution in [0.25, 0.3) is 11.0 Å². The maximum atomic E-state index is 12.6. The predicted molar refractivity (Wildman–Crippen MR) is 95.5 cm³/mol. The van der Waals surface area contributed by atoms with Crippen molar-refractivity contribution in [3.05, 3.63) is 29.7 Å². The third-order valence-electron chi connectivity index (χ3n) is 4.58. The molecule has 1 amide bonds. The van der Waals surface area contributed by atoms with Gasteiger partial charge in [-0.1, -0.05) is 0 Å². The standard InChI is InChI=1S/C16H20N6OS/c17-11-2-1-3-12(11)21-16(23)13-8-22(6-7-24-13)15-10-4-5-18-14(10)19-9-20-15/h4-5,8-9,11-12H,1-3,6-7,17H2,(H,21,23)(H,18,19,20)/t11-,12+/m0/s1. The highest BCUT2D eigenvalue weighted by molar-refractivity contribution is 8.04. The number of rotatable bonds is 3. The van der Waals surface area contributed by atoms with E-state index in [1.807, 2.05) is 23.4 Å². The van der Waals surface area contributed by atoms with Gasteiger partial charge in [0.15, 0.2) is 0 Å². The van der Waals surface area contributed by atoms with Gasteiger partial charge in [0, 0.05) is 36.8 Å². The van der Waals surface area contributed by atoms with E-state index in [4.69, 9.17) is 5.73 Å². The molecule has 1 saturated carbocycles. The minimum Gasteiger partial charge on any atom is -0.347 e. The molecule has 0 bridgehead atoms. The number of nitrogens with zero attached hydrogens (tertiary/aromatic N) is 3. The van der Waals surface area contributed by atoms with Crippen LogP contribution in [0, 0.1) is 0 Å². The zero-order valence-electron chi connectivity index (χ0n) is 13.2. The second-order valence-corrected chi connectivity index (χ2v) is 7.28. The Balaban J connectivity index is 1.56. The molecule has 0 aromatic carbocycles. The Bertz CT molecular complexity index is 788. The van der Waals surface area contributed by atoms with Gasteiger partial charge in [-0.15, -0.1) is 11.8 Å². The highest BCUT2D eigenvalue weighted by atomic mass is 32.2.